The smallest absolute Gasteiger partial charge is 0.337 e. The molecule has 0 radical (unpaired) electrons. The van der Waals surface area contributed by atoms with E-state index in [1.807, 2.05) is 18.4 Å². The van der Waals surface area contributed by atoms with Gasteiger partial charge in [-0.2, -0.15) is 0 Å². The van der Waals surface area contributed by atoms with Gasteiger partial charge in [0, 0.05) is 17.9 Å². The van der Waals surface area contributed by atoms with Crippen LogP contribution in [-0.2, 0) is 6.54 Å². The average Bonchev–Trinajstić information content (AvgIpc) is 2.70. The zero-order valence-electron chi connectivity index (χ0n) is 11.8. The minimum Gasteiger partial charge on any atom is -0.478 e. The summed E-state index contributed by atoms with van der Waals surface area (Å²) in [5.74, 6) is -0.866. The molecule has 0 saturated heterocycles. The largest absolute Gasteiger partial charge is 0.478 e. The molecule has 2 aromatic rings. The molecule has 1 N–H and O–H groups in total. The number of carboxylic acid groups (broad SMARTS) is 1. The minimum atomic E-state index is -0.866. The Morgan fingerprint density at radius 1 is 1.16 bits per heavy atom. The van der Waals surface area contributed by atoms with Crippen molar-refractivity contribution < 1.29 is 9.90 Å². The highest BCUT2D eigenvalue weighted by Crippen LogP contribution is 2.27. The first-order valence-corrected chi connectivity index (χ1v) is 6.46. The lowest BCUT2D eigenvalue weighted by atomic mass is 10.0. The molecule has 19 heavy (non-hydrogen) atoms. The van der Waals surface area contributed by atoms with E-state index in [0.29, 0.717) is 5.56 Å². The van der Waals surface area contributed by atoms with Crippen LogP contribution in [-0.4, -0.2) is 15.6 Å². The quantitative estimate of drug-likeness (QED) is 0.908. The highest BCUT2D eigenvalue weighted by atomic mass is 16.4. The number of benzene rings is 1. The minimum absolute atomic E-state index is 0.384. The van der Waals surface area contributed by atoms with E-state index in [1.54, 1.807) is 6.07 Å². The number of carboxylic acids is 1. The number of aromatic carboxylic acids is 1. The average molecular weight is 257 g/mol. The highest BCUT2D eigenvalue weighted by Gasteiger charge is 2.17. The second-order valence-electron chi connectivity index (χ2n) is 4.88. The normalized spacial score (nSPS) is 10.7. The molecule has 3 nitrogen and oxygen atoms in total. The zero-order chi connectivity index (χ0) is 14.2. The summed E-state index contributed by atoms with van der Waals surface area (Å²) in [7, 11) is 0. The maximum atomic E-state index is 11.2. The SMILES string of the molecule is CCn1c(-c2ccc(C)c(C)c2)cc(C(=O)O)c1C. The molecule has 0 aliphatic heterocycles. The van der Waals surface area contributed by atoms with Crippen LogP contribution in [0.15, 0.2) is 24.3 Å². The van der Waals surface area contributed by atoms with Crippen molar-refractivity contribution in [2.75, 3.05) is 0 Å². The Labute approximate surface area is 113 Å². The third kappa shape index (κ3) is 2.28. The van der Waals surface area contributed by atoms with Crippen molar-refractivity contribution in [1.29, 1.82) is 0 Å². The van der Waals surface area contributed by atoms with E-state index >= 15 is 0 Å². The van der Waals surface area contributed by atoms with Gasteiger partial charge < -0.3 is 9.67 Å². The maximum absolute atomic E-state index is 11.2. The molecule has 0 bridgehead atoms. The summed E-state index contributed by atoms with van der Waals surface area (Å²) in [5.41, 5.74) is 5.70. The van der Waals surface area contributed by atoms with Crippen LogP contribution in [0.4, 0.5) is 0 Å². The van der Waals surface area contributed by atoms with Crippen LogP contribution in [0, 0.1) is 20.8 Å². The number of hydrogen-bond donors (Lipinski definition) is 1. The predicted octanol–water partition coefficient (Wildman–Crippen LogP) is 3.80. The first-order valence-electron chi connectivity index (χ1n) is 6.46. The van der Waals surface area contributed by atoms with Crippen LogP contribution in [0.1, 0.15) is 34.1 Å². The van der Waals surface area contributed by atoms with Crippen LogP contribution in [0.3, 0.4) is 0 Å². The first-order chi connectivity index (χ1) is 8.95. The zero-order valence-corrected chi connectivity index (χ0v) is 11.8. The molecule has 3 heteroatoms. The van der Waals surface area contributed by atoms with Crippen LogP contribution < -0.4 is 0 Å². The van der Waals surface area contributed by atoms with Gasteiger partial charge in [-0.05, 0) is 56.5 Å². The number of hydrogen-bond acceptors (Lipinski definition) is 1. The van der Waals surface area contributed by atoms with E-state index in [-0.39, 0.29) is 0 Å². The molecule has 0 unspecified atom stereocenters. The van der Waals surface area contributed by atoms with Crippen molar-refractivity contribution >= 4 is 5.97 Å². The summed E-state index contributed by atoms with van der Waals surface area (Å²) < 4.78 is 2.05. The fourth-order valence-electron chi connectivity index (χ4n) is 2.41. The molecule has 1 heterocycles. The van der Waals surface area contributed by atoms with Crippen LogP contribution in [0.25, 0.3) is 11.3 Å². The summed E-state index contributed by atoms with van der Waals surface area (Å²) in [4.78, 5) is 11.2. The molecule has 0 amide bonds. The Bertz CT molecular complexity index is 638. The second-order valence-corrected chi connectivity index (χ2v) is 4.88. The van der Waals surface area contributed by atoms with E-state index in [0.717, 1.165) is 23.5 Å². The molecule has 1 aromatic heterocycles. The van der Waals surface area contributed by atoms with Gasteiger partial charge in [0.05, 0.1) is 5.56 Å². The number of nitrogens with zero attached hydrogens (tertiary/aromatic N) is 1. The van der Waals surface area contributed by atoms with Gasteiger partial charge in [0.2, 0.25) is 0 Å². The van der Waals surface area contributed by atoms with Crippen molar-refractivity contribution in [1.82, 2.24) is 4.57 Å². The third-order valence-electron chi connectivity index (χ3n) is 3.72. The molecule has 1 aromatic carbocycles. The van der Waals surface area contributed by atoms with E-state index in [9.17, 15) is 9.90 Å². The molecule has 0 atom stereocenters. The van der Waals surface area contributed by atoms with Crippen LogP contribution in [0.2, 0.25) is 0 Å². The van der Waals surface area contributed by atoms with E-state index in [1.165, 1.54) is 11.1 Å². The fraction of sp³-hybridized carbons (Fsp3) is 0.312. The Hall–Kier alpha value is -2.03. The van der Waals surface area contributed by atoms with Crippen LogP contribution >= 0.6 is 0 Å². The highest BCUT2D eigenvalue weighted by molar-refractivity contribution is 5.91. The molecule has 100 valence electrons. The third-order valence-corrected chi connectivity index (χ3v) is 3.72. The maximum Gasteiger partial charge on any atom is 0.337 e. The summed E-state index contributed by atoms with van der Waals surface area (Å²) in [6, 6.07) is 8.01. The molecule has 2 rings (SSSR count). The van der Waals surface area contributed by atoms with E-state index in [2.05, 4.69) is 32.0 Å². The molecule has 0 spiro atoms. The van der Waals surface area contributed by atoms with Gasteiger partial charge in [-0.25, -0.2) is 4.79 Å². The van der Waals surface area contributed by atoms with Crippen molar-refractivity contribution in [3.8, 4) is 11.3 Å². The van der Waals surface area contributed by atoms with Crippen LogP contribution in [0.5, 0.6) is 0 Å². The number of rotatable bonds is 3. The lowest BCUT2D eigenvalue weighted by Gasteiger charge is -2.10. The monoisotopic (exact) mass is 257 g/mol. The van der Waals surface area contributed by atoms with Gasteiger partial charge in [-0.3, -0.25) is 0 Å². The number of aryl methyl sites for hydroxylation is 2. The topological polar surface area (TPSA) is 42.2 Å². The van der Waals surface area contributed by atoms with E-state index < -0.39 is 5.97 Å². The summed E-state index contributed by atoms with van der Waals surface area (Å²) >= 11 is 0. The first kappa shape index (κ1) is 13.4. The van der Waals surface area contributed by atoms with Gasteiger partial charge in [-0.1, -0.05) is 12.1 Å². The lowest BCUT2D eigenvalue weighted by molar-refractivity contribution is 0.0696. The standard InChI is InChI=1S/C16H19NO2/c1-5-17-12(4)14(16(18)19)9-15(17)13-7-6-10(2)11(3)8-13/h6-9H,5H2,1-4H3,(H,18,19). The summed E-state index contributed by atoms with van der Waals surface area (Å²) in [6.45, 7) is 8.80. The lowest BCUT2D eigenvalue weighted by Crippen LogP contribution is -2.02. The Morgan fingerprint density at radius 2 is 1.84 bits per heavy atom. The van der Waals surface area contributed by atoms with Gasteiger partial charge in [-0.15, -0.1) is 0 Å². The van der Waals surface area contributed by atoms with Crippen molar-refractivity contribution in [3.63, 3.8) is 0 Å². The predicted molar refractivity (Wildman–Crippen MR) is 76.7 cm³/mol. The summed E-state index contributed by atoms with van der Waals surface area (Å²) in [6.07, 6.45) is 0. The molecular formula is C16H19NO2. The molecule has 0 fully saturated rings. The molecule has 0 saturated carbocycles. The fourth-order valence-corrected chi connectivity index (χ4v) is 2.41. The molecule has 0 aliphatic carbocycles. The van der Waals surface area contributed by atoms with Crippen molar-refractivity contribution in [2.24, 2.45) is 0 Å². The van der Waals surface area contributed by atoms with E-state index in [4.69, 9.17) is 0 Å². The van der Waals surface area contributed by atoms with Gasteiger partial charge in [0.15, 0.2) is 0 Å². The number of aromatic nitrogens is 1. The molecular weight excluding hydrogens is 238 g/mol. The summed E-state index contributed by atoms with van der Waals surface area (Å²) in [5, 5.41) is 9.23. The Balaban J connectivity index is 2.64. The van der Waals surface area contributed by atoms with Gasteiger partial charge in [0.1, 0.15) is 0 Å². The van der Waals surface area contributed by atoms with Gasteiger partial charge in [0.25, 0.3) is 0 Å². The van der Waals surface area contributed by atoms with Crippen molar-refractivity contribution in [2.45, 2.75) is 34.2 Å². The molecule has 0 aliphatic rings. The van der Waals surface area contributed by atoms with Crippen molar-refractivity contribution in [3.05, 3.63) is 46.6 Å². The Kier molecular flexibility index (Phi) is 3.47. The number of carbonyl (C=O) groups is 1. The van der Waals surface area contributed by atoms with Gasteiger partial charge >= 0.3 is 5.97 Å². The second kappa shape index (κ2) is 4.92. The Morgan fingerprint density at radius 3 is 2.37 bits per heavy atom.